The fourth-order valence-corrected chi connectivity index (χ4v) is 1.52. The van der Waals surface area contributed by atoms with E-state index in [9.17, 15) is 22.4 Å². The van der Waals surface area contributed by atoms with E-state index in [2.05, 4.69) is 0 Å². The Morgan fingerprint density at radius 2 is 2.00 bits per heavy atom. The quantitative estimate of drug-likeness (QED) is 0.834. The number of halogens is 4. The summed E-state index contributed by atoms with van der Waals surface area (Å²) in [5, 5.41) is 8.52. The van der Waals surface area contributed by atoms with Crippen LogP contribution in [0.1, 0.15) is 30.4 Å². The fourth-order valence-electron chi connectivity index (χ4n) is 1.52. The van der Waals surface area contributed by atoms with E-state index in [1.54, 1.807) is 0 Å². The van der Waals surface area contributed by atoms with E-state index in [-0.39, 0.29) is 5.56 Å². The van der Waals surface area contributed by atoms with Gasteiger partial charge in [-0.2, -0.15) is 13.2 Å². The summed E-state index contributed by atoms with van der Waals surface area (Å²) in [6.45, 7) is 1.37. The second-order valence-corrected chi connectivity index (χ2v) is 3.71. The van der Waals surface area contributed by atoms with Gasteiger partial charge in [0.1, 0.15) is 5.82 Å². The minimum absolute atomic E-state index is 0.234. The Hall–Kier alpha value is -1.59. The molecule has 17 heavy (non-hydrogen) atoms. The molecule has 1 N–H and O–H groups in total. The van der Waals surface area contributed by atoms with Gasteiger partial charge in [-0.25, -0.2) is 4.39 Å². The van der Waals surface area contributed by atoms with Crippen LogP contribution in [0.4, 0.5) is 17.6 Å². The first-order valence-electron chi connectivity index (χ1n) is 4.81. The summed E-state index contributed by atoms with van der Waals surface area (Å²) in [6.07, 6.45) is -5.19. The van der Waals surface area contributed by atoms with Crippen LogP contribution in [0, 0.1) is 5.82 Å². The van der Waals surface area contributed by atoms with Gasteiger partial charge < -0.3 is 5.11 Å². The van der Waals surface area contributed by atoms with Gasteiger partial charge in [0, 0.05) is 0 Å². The molecule has 0 radical (unpaired) electrons. The van der Waals surface area contributed by atoms with Crippen molar-refractivity contribution >= 4 is 5.97 Å². The minimum atomic E-state index is -4.77. The molecule has 0 aliphatic carbocycles. The predicted octanol–water partition coefficient (Wildman–Crippen LogP) is 3.42. The third-order valence-electron chi connectivity index (χ3n) is 2.35. The van der Waals surface area contributed by atoms with Crippen LogP contribution < -0.4 is 0 Å². The lowest BCUT2D eigenvalue weighted by Gasteiger charge is -2.14. The van der Waals surface area contributed by atoms with Gasteiger partial charge in [0.05, 0.1) is 12.0 Å². The first-order chi connectivity index (χ1) is 7.73. The summed E-state index contributed by atoms with van der Waals surface area (Å²) in [6, 6.07) is 2.87. The van der Waals surface area contributed by atoms with E-state index in [1.165, 1.54) is 6.92 Å². The van der Waals surface area contributed by atoms with Crippen molar-refractivity contribution in [2.75, 3.05) is 0 Å². The topological polar surface area (TPSA) is 37.3 Å². The number of aliphatic carboxylic acids is 1. The summed E-state index contributed by atoms with van der Waals surface area (Å²) in [4.78, 5) is 10.4. The lowest BCUT2D eigenvalue weighted by Crippen LogP contribution is -2.12. The molecule has 6 heteroatoms. The number of carboxylic acids is 1. The Labute approximate surface area is 94.9 Å². The van der Waals surface area contributed by atoms with E-state index in [0.29, 0.717) is 6.07 Å². The fraction of sp³-hybridized carbons (Fsp3) is 0.364. The van der Waals surface area contributed by atoms with E-state index < -0.39 is 35.9 Å². The van der Waals surface area contributed by atoms with Crippen molar-refractivity contribution in [3.8, 4) is 0 Å². The Kier molecular flexibility index (Phi) is 3.75. The monoisotopic (exact) mass is 250 g/mol. The molecule has 0 bridgehead atoms. The Balaban J connectivity index is 3.15. The number of alkyl halides is 3. The second kappa shape index (κ2) is 4.73. The molecule has 0 aliphatic heterocycles. The SMILES string of the molecule is CC(CC(=O)O)c1cccc(C(F)(F)F)c1F. The van der Waals surface area contributed by atoms with Gasteiger partial charge >= 0.3 is 12.1 Å². The van der Waals surface area contributed by atoms with Gasteiger partial charge in [-0.3, -0.25) is 4.79 Å². The van der Waals surface area contributed by atoms with Gasteiger partial charge in [0.15, 0.2) is 0 Å². The lowest BCUT2D eigenvalue weighted by molar-refractivity contribution is -0.140. The number of hydrogen-bond acceptors (Lipinski definition) is 1. The lowest BCUT2D eigenvalue weighted by atomic mass is 9.95. The first-order valence-corrected chi connectivity index (χ1v) is 4.81. The molecule has 94 valence electrons. The van der Waals surface area contributed by atoms with Crippen LogP contribution in [0.3, 0.4) is 0 Å². The number of hydrogen-bond donors (Lipinski definition) is 1. The van der Waals surface area contributed by atoms with Crippen molar-refractivity contribution in [2.45, 2.75) is 25.4 Å². The van der Waals surface area contributed by atoms with Crippen LogP contribution in [0.2, 0.25) is 0 Å². The molecule has 0 aromatic heterocycles. The molecular weight excluding hydrogens is 240 g/mol. The zero-order chi connectivity index (χ0) is 13.2. The van der Waals surface area contributed by atoms with Crippen LogP contribution in [-0.4, -0.2) is 11.1 Å². The molecule has 0 aliphatic rings. The summed E-state index contributed by atoms with van der Waals surface area (Å²) in [5.41, 5.74) is -1.60. The van der Waals surface area contributed by atoms with E-state index in [4.69, 9.17) is 5.11 Å². The minimum Gasteiger partial charge on any atom is -0.481 e. The van der Waals surface area contributed by atoms with E-state index in [0.717, 1.165) is 12.1 Å². The molecule has 0 saturated carbocycles. The third kappa shape index (κ3) is 3.18. The molecule has 1 aromatic rings. The van der Waals surface area contributed by atoms with Crippen molar-refractivity contribution in [1.29, 1.82) is 0 Å². The number of benzene rings is 1. The molecule has 1 aromatic carbocycles. The van der Waals surface area contributed by atoms with Gasteiger partial charge in [-0.1, -0.05) is 19.1 Å². The van der Waals surface area contributed by atoms with Crippen molar-refractivity contribution in [2.24, 2.45) is 0 Å². The molecule has 1 rings (SSSR count). The maximum atomic E-state index is 13.6. The molecule has 0 fully saturated rings. The van der Waals surface area contributed by atoms with Crippen molar-refractivity contribution in [3.63, 3.8) is 0 Å². The van der Waals surface area contributed by atoms with Crippen LogP contribution in [0.15, 0.2) is 18.2 Å². The van der Waals surface area contributed by atoms with Crippen LogP contribution >= 0.6 is 0 Å². The number of carbonyl (C=O) groups is 1. The number of rotatable bonds is 3. The van der Waals surface area contributed by atoms with Crippen molar-refractivity contribution < 1.29 is 27.5 Å². The Morgan fingerprint density at radius 1 is 1.41 bits per heavy atom. The summed E-state index contributed by atoms with van der Waals surface area (Å²) < 4.78 is 50.8. The maximum absolute atomic E-state index is 13.6. The van der Waals surface area contributed by atoms with Crippen molar-refractivity contribution in [3.05, 3.63) is 35.1 Å². The standard InChI is InChI=1S/C11H10F4O2/c1-6(5-9(16)17)7-3-2-4-8(10(7)12)11(13,14)15/h2-4,6H,5H2,1H3,(H,16,17). The normalized spacial score (nSPS) is 13.5. The highest BCUT2D eigenvalue weighted by Crippen LogP contribution is 2.34. The highest BCUT2D eigenvalue weighted by molar-refractivity contribution is 5.68. The van der Waals surface area contributed by atoms with Gasteiger partial charge in [0.25, 0.3) is 0 Å². The first kappa shape index (κ1) is 13.5. The zero-order valence-electron chi connectivity index (χ0n) is 8.88. The van der Waals surface area contributed by atoms with Crippen LogP contribution in [0.5, 0.6) is 0 Å². The Morgan fingerprint density at radius 3 is 2.47 bits per heavy atom. The van der Waals surface area contributed by atoms with E-state index in [1.807, 2.05) is 0 Å². The smallest absolute Gasteiger partial charge is 0.419 e. The molecule has 1 unspecified atom stereocenters. The summed E-state index contributed by atoms with van der Waals surface area (Å²) in [7, 11) is 0. The zero-order valence-corrected chi connectivity index (χ0v) is 8.88. The van der Waals surface area contributed by atoms with E-state index >= 15 is 0 Å². The average Bonchev–Trinajstić information content (AvgIpc) is 2.14. The molecule has 0 amide bonds. The predicted molar refractivity (Wildman–Crippen MR) is 52.1 cm³/mol. The summed E-state index contributed by atoms with van der Waals surface area (Å²) >= 11 is 0. The second-order valence-electron chi connectivity index (χ2n) is 3.71. The highest BCUT2D eigenvalue weighted by Gasteiger charge is 2.35. The number of carboxylic acid groups (broad SMARTS) is 1. The maximum Gasteiger partial charge on any atom is 0.419 e. The van der Waals surface area contributed by atoms with Crippen LogP contribution in [-0.2, 0) is 11.0 Å². The van der Waals surface area contributed by atoms with Crippen molar-refractivity contribution in [1.82, 2.24) is 0 Å². The van der Waals surface area contributed by atoms with Gasteiger partial charge in [0.2, 0.25) is 0 Å². The van der Waals surface area contributed by atoms with Gasteiger partial charge in [-0.05, 0) is 17.5 Å². The molecule has 1 atom stereocenters. The average molecular weight is 250 g/mol. The molecule has 0 spiro atoms. The molecule has 0 heterocycles. The largest absolute Gasteiger partial charge is 0.481 e. The molecule has 2 nitrogen and oxygen atoms in total. The Bertz CT molecular complexity index is 426. The molecular formula is C11H10F4O2. The third-order valence-corrected chi connectivity index (χ3v) is 2.35. The highest BCUT2D eigenvalue weighted by atomic mass is 19.4. The van der Waals surface area contributed by atoms with Gasteiger partial charge in [-0.15, -0.1) is 0 Å². The van der Waals surface area contributed by atoms with Crippen LogP contribution in [0.25, 0.3) is 0 Å². The summed E-state index contributed by atoms with van der Waals surface area (Å²) in [5.74, 6) is -3.39. The molecule has 0 saturated heterocycles.